The number of rotatable bonds is 0. The quantitative estimate of drug-likeness (QED) is 0.564. The molecule has 0 spiro atoms. The van der Waals surface area contributed by atoms with E-state index in [1.165, 1.54) is 0 Å². The maximum Gasteiger partial charge on any atom is 0.174 e. The van der Waals surface area contributed by atoms with Gasteiger partial charge < -0.3 is 0 Å². The molecule has 1 aromatic carbocycles. The van der Waals surface area contributed by atoms with Crippen LogP contribution in [0.4, 0.5) is 0 Å². The van der Waals surface area contributed by atoms with E-state index in [2.05, 4.69) is 0 Å². The zero-order valence-electron chi connectivity index (χ0n) is 7.63. The highest BCUT2D eigenvalue weighted by atomic mass is 16.2. The van der Waals surface area contributed by atoms with E-state index < -0.39 is 5.92 Å². The van der Waals surface area contributed by atoms with Gasteiger partial charge in [0.2, 0.25) is 0 Å². The van der Waals surface area contributed by atoms with Crippen molar-refractivity contribution < 1.29 is 9.59 Å². The van der Waals surface area contributed by atoms with Gasteiger partial charge in [-0.1, -0.05) is 17.7 Å². The predicted molar refractivity (Wildman–Crippen MR) is 49.0 cm³/mol. The number of benzene rings is 1. The van der Waals surface area contributed by atoms with Crippen molar-refractivity contribution in [2.75, 3.05) is 0 Å². The van der Waals surface area contributed by atoms with E-state index >= 15 is 0 Å². The summed E-state index contributed by atoms with van der Waals surface area (Å²) in [5, 5.41) is 0. The maximum absolute atomic E-state index is 11.5. The minimum absolute atomic E-state index is 0.0382. The first-order chi connectivity index (χ1) is 6.11. The van der Waals surface area contributed by atoms with E-state index in [9.17, 15) is 9.59 Å². The zero-order valence-corrected chi connectivity index (χ0v) is 7.63. The molecule has 0 aromatic heterocycles. The molecule has 2 heteroatoms. The molecule has 1 aliphatic carbocycles. The summed E-state index contributed by atoms with van der Waals surface area (Å²) in [6, 6.07) is 5.40. The minimum Gasteiger partial charge on any atom is -0.293 e. The van der Waals surface area contributed by atoms with Crippen molar-refractivity contribution >= 4 is 11.6 Å². The van der Waals surface area contributed by atoms with Gasteiger partial charge in [0.05, 0.1) is 5.92 Å². The van der Waals surface area contributed by atoms with E-state index in [-0.39, 0.29) is 11.6 Å². The second-order valence-corrected chi connectivity index (χ2v) is 3.50. The largest absolute Gasteiger partial charge is 0.293 e. The van der Waals surface area contributed by atoms with Crippen molar-refractivity contribution in [1.82, 2.24) is 0 Å². The molecule has 1 aromatic rings. The lowest BCUT2D eigenvalue weighted by atomic mass is 10.1. The van der Waals surface area contributed by atoms with Crippen molar-refractivity contribution in [1.29, 1.82) is 0 Å². The molecule has 66 valence electrons. The van der Waals surface area contributed by atoms with Crippen molar-refractivity contribution in [3.8, 4) is 0 Å². The molecular formula is C11H10O2. The summed E-state index contributed by atoms with van der Waals surface area (Å²) in [5.74, 6) is -0.555. The summed E-state index contributed by atoms with van der Waals surface area (Å²) < 4.78 is 0. The molecule has 0 fully saturated rings. The Balaban J connectivity index is 2.67. The van der Waals surface area contributed by atoms with Gasteiger partial charge in [0.1, 0.15) is 0 Å². The Bertz CT molecular complexity index is 405. The molecule has 1 atom stereocenters. The van der Waals surface area contributed by atoms with Crippen LogP contribution in [0.5, 0.6) is 0 Å². The maximum atomic E-state index is 11.5. The zero-order chi connectivity index (χ0) is 9.59. The molecule has 0 radical (unpaired) electrons. The van der Waals surface area contributed by atoms with Crippen LogP contribution in [0.1, 0.15) is 33.2 Å². The monoisotopic (exact) mass is 174 g/mol. The molecule has 0 aliphatic heterocycles. The Hall–Kier alpha value is -1.44. The molecule has 0 heterocycles. The van der Waals surface area contributed by atoms with Crippen molar-refractivity contribution in [2.24, 2.45) is 5.92 Å². The first-order valence-corrected chi connectivity index (χ1v) is 4.30. The van der Waals surface area contributed by atoms with Crippen LogP contribution >= 0.6 is 0 Å². The second-order valence-electron chi connectivity index (χ2n) is 3.50. The van der Waals surface area contributed by atoms with E-state index in [4.69, 9.17) is 0 Å². The van der Waals surface area contributed by atoms with Gasteiger partial charge in [-0.3, -0.25) is 9.59 Å². The molecule has 13 heavy (non-hydrogen) atoms. The smallest absolute Gasteiger partial charge is 0.174 e. The first kappa shape index (κ1) is 8.17. The third kappa shape index (κ3) is 1.02. The Morgan fingerprint density at radius 2 is 1.69 bits per heavy atom. The fraction of sp³-hybridized carbons (Fsp3) is 0.273. The van der Waals surface area contributed by atoms with Gasteiger partial charge in [0.25, 0.3) is 0 Å². The van der Waals surface area contributed by atoms with Crippen molar-refractivity contribution in [3.05, 3.63) is 34.9 Å². The average molecular weight is 174 g/mol. The van der Waals surface area contributed by atoms with Gasteiger partial charge in [-0.25, -0.2) is 0 Å². The average Bonchev–Trinajstić information content (AvgIpc) is 2.32. The minimum atomic E-state index is -0.475. The highest BCUT2D eigenvalue weighted by molar-refractivity contribution is 6.26. The van der Waals surface area contributed by atoms with Crippen LogP contribution in [0.2, 0.25) is 0 Å². The SMILES string of the molecule is Cc1ccc2c(c1)C(=O)[C@H](C)C2=O. The summed E-state index contributed by atoms with van der Waals surface area (Å²) in [7, 11) is 0. The van der Waals surface area contributed by atoms with Crippen molar-refractivity contribution in [3.63, 3.8) is 0 Å². The van der Waals surface area contributed by atoms with E-state index in [1.54, 1.807) is 19.1 Å². The first-order valence-electron chi connectivity index (χ1n) is 4.30. The highest BCUT2D eigenvalue weighted by Crippen LogP contribution is 2.26. The molecule has 0 N–H and O–H groups in total. The summed E-state index contributed by atoms with van der Waals surface area (Å²) in [6.45, 7) is 3.58. The standard InChI is InChI=1S/C11H10O2/c1-6-3-4-8-9(5-6)11(13)7(2)10(8)12/h3-5,7H,1-2H3/t7-/m1/s1. The topological polar surface area (TPSA) is 34.1 Å². The number of aryl methyl sites for hydroxylation is 1. The molecule has 0 unspecified atom stereocenters. The Morgan fingerprint density at radius 1 is 1.08 bits per heavy atom. The summed E-state index contributed by atoms with van der Waals surface area (Å²) in [6.07, 6.45) is 0. The molecule has 0 saturated heterocycles. The Morgan fingerprint density at radius 3 is 2.38 bits per heavy atom. The van der Waals surface area contributed by atoms with E-state index in [0.717, 1.165) is 5.56 Å². The summed E-state index contributed by atoms with van der Waals surface area (Å²) in [4.78, 5) is 23.0. The van der Waals surface area contributed by atoms with Crippen LogP contribution in [0.25, 0.3) is 0 Å². The van der Waals surface area contributed by atoms with Crippen LogP contribution in [0.15, 0.2) is 18.2 Å². The third-order valence-corrected chi connectivity index (χ3v) is 2.49. The van der Waals surface area contributed by atoms with Crippen LogP contribution in [0, 0.1) is 12.8 Å². The van der Waals surface area contributed by atoms with Crippen LogP contribution in [-0.4, -0.2) is 11.6 Å². The fourth-order valence-electron chi connectivity index (χ4n) is 1.66. The number of carbonyl (C=O) groups excluding carboxylic acids is 2. The van der Waals surface area contributed by atoms with Gasteiger partial charge in [-0.2, -0.15) is 0 Å². The number of hydrogen-bond donors (Lipinski definition) is 0. The molecule has 2 nitrogen and oxygen atoms in total. The van der Waals surface area contributed by atoms with E-state index in [0.29, 0.717) is 11.1 Å². The van der Waals surface area contributed by atoms with Crippen LogP contribution in [0.3, 0.4) is 0 Å². The lowest BCUT2D eigenvalue weighted by molar-refractivity contribution is 0.0852. The molecular weight excluding hydrogens is 164 g/mol. The molecule has 2 rings (SSSR count). The van der Waals surface area contributed by atoms with Crippen molar-refractivity contribution in [2.45, 2.75) is 13.8 Å². The van der Waals surface area contributed by atoms with Gasteiger partial charge in [0, 0.05) is 11.1 Å². The number of carbonyl (C=O) groups is 2. The summed E-state index contributed by atoms with van der Waals surface area (Å²) >= 11 is 0. The number of hydrogen-bond acceptors (Lipinski definition) is 2. The predicted octanol–water partition coefficient (Wildman–Crippen LogP) is 2.01. The summed E-state index contributed by atoms with van der Waals surface area (Å²) in [5.41, 5.74) is 2.20. The van der Waals surface area contributed by atoms with Gasteiger partial charge in [-0.05, 0) is 19.9 Å². The highest BCUT2D eigenvalue weighted by Gasteiger charge is 2.34. The van der Waals surface area contributed by atoms with E-state index in [1.807, 2.05) is 13.0 Å². The normalized spacial score (nSPS) is 20.6. The lowest BCUT2D eigenvalue weighted by Gasteiger charge is -1.96. The van der Waals surface area contributed by atoms with Crippen LogP contribution in [-0.2, 0) is 0 Å². The molecule has 0 saturated carbocycles. The molecule has 0 bridgehead atoms. The number of fused-ring (bicyclic) bond motifs is 1. The molecule has 0 amide bonds. The fourth-order valence-corrected chi connectivity index (χ4v) is 1.66. The van der Waals surface area contributed by atoms with Gasteiger partial charge in [-0.15, -0.1) is 0 Å². The Kier molecular flexibility index (Phi) is 1.59. The number of Topliss-reactive ketones (excluding diaryl/α,β-unsaturated/α-hetero) is 2. The van der Waals surface area contributed by atoms with Gasteiger partial charge in [0.15, 0.2) is 11.6 Å². The molecule has 1 aliphatic rings. The third-order valence-electron chi connectivity index (χ3n) is 2.49. The second kappa shape index (κ2) is 2.52. The Labute approximate surface area is 76.6 Å². The van der Waals surface area contributed by atoms with Crippen LogP contribution < -0.4 is 0 Å². The number of ketones is 2. The van der Waals surface area contributed by atoms with Gasteiger partial charge >= 0.3 is 0 Å². The lowest BCUT2D eigenvalue weighted by Crippen LogP contribution is -2.09.